The lowest BCUT2D eigenvalue weighted by molar-refractivity contribution is -0.119. The van der Waals surface area contributed by atoms with E-state index in [0.717, 1.165) is 5.57 Å². The maximum absolute atomic E-state index is 11.1. The molecule has 0 aromatic carbocycles. The fraction of sp³-hybridized carbons (Fsp3) is 0.545. The third-order valence-corrected chi connectivity index (χ3v) is 2.41. The summed E-state index contributed by atoms with van der Waals surface area (Å²) in [4.78, 5) is 16.3. The van der Waals surface area contributed by atoms with Gasteiger partial charge in [0, 0.05) is 13.7 Å². The first-order chi connectivity index (χ1) is 8.19. The van der Waals surface area contributed by atoms with Crippen molar-refractivity contribution < 1.29 is 14.4 Å². The van der Waals surface area contributed by atoms with Crippen LogP contribution in [0, 0.1) is 0 Å². The SMILES string of the molecule is C=CCONC1CN[C@H](C(N)=O)C=C1COC. The van der Waals surface area contributed by atoms with Crippen molar-refractivity contribution >= 4 is 5.91 Å². The fourth-order valence-corrected chi connectivity index (χ4v) is 1.59. The van der Waals surface area contributed by atoms with Crippen molar-refractivity contribution in [3.8, 4) is 0 Å². The Bertz CT molecular complexity index is 304. The summed E-state index contributed by atoms with van der Waals surface area (Å²) in [6.07, 6.45) is 3.42. The standard InChI is InChI=1S/C11H19N3O3/c1-3-4-17-14-10-6-13-9(11(12)15)5-8(10)7-16-2/h3,5,9-10,13-14H,1,4,6-7H2,2H3,(H2,12,15)/t9-,10?/m0/s1. The molecule has 17 heavy (non-hydrogen) atoms. The van der Waals surface area contributed by atoms with Crippen molar-refractivity contribution in [2.75, 3.05) is 26.9 Å². The molecular formula is C11H19N3O3. The van der Waals surface area contributed by atoms with Crippen LogP contribution in [-0.2, 0) is 14.4 Å². The fourth-order valence-electron chi connectivity index (χ4n) is 1.59. The first-order valence-corrected chi connectivity index (χ1v) is 5.39. The molecule has 2 atom stereocenters. The van der Waals surface area contributed by atoms with Crippen LogP contribution in [0.4, 0.5) is 0 Å². The molecule has 0 aromatic rings. The van der Waals surface area contributed by atoms with E-state index in [1.807, 2.05) is 0 Å². The Balaban J connectivity index is 2.61. The van der Waals surface area contributed by atoms with E-state index in [4.69, 9.17) is 15.3 Å². The number of nitrogens with one attached hydrogen (secondary N) is 2. The molecule has 0 spiro atoms. The van der Waals surface area contributed by atoms with Crippen molar-refractivity contribution in [1.82, 2.24) is 10.8 Å². The molecule has 1 aliphatic rings. The predicted molar refractivity (Wildman–Crippen MR) is 64.0 cm³/mol. The number of hydrogen-bond acceptors (Lipinski definition) is 5. The number of carbonyl (C=O) groups excluding carboxylic acids is 1. The Kier molecular flexibility index (Phi) is 5.85. The normalized spacial score (nSPS) is 24.2. The lowest BCUT2D eigenvalue weighted by Gasteiger charge is -2.28. The molecule has 0 aromatic heterocycles. The van der Waals surface area contributed by atoms with Gasteiger partial charge in [-0.3, -0.25) is 9.63 Å². The van der Waals surface area contributed by atoms with Crippen LogP contribution in [0.3, 0.4) is 0 Å². The molecule has 1 heterocycles. The first kappa shape index (κ1) is 13.9. The summed E-state index contributed by atoms with van der Waals surface area (Å²) in [5.74, 6) is -0.399. The second kappa shape index (κ2) is 7.18. The van der Waals surface area contributed by atoms with Crippen LogP contribution in [0.15, 0.2) is 24.3 Å². The molecular weight excluding hydrogens is 222 g/mol. The molecule has 4 N–H and O–H groups in total. The number of hydroxylamine groups is 1. The zero-order chi connectivity index (χ0) is 12.7. The first-order valence-electron chi connectivity index (χ1n) is 5.39. The van der Waals surface area contributed by atoms with Gasteiger partial charge in [0.05, 0.1) is 19.3 Å². The van der Waals surface area contributed by atoms with Gasteiger partial charge in [-0.2, -0.15) is 5.48 Å². The highest BCUT2D eigenvalue weighted by Gasteiger charge is 2.25. The number of hydrogen-bond donors (Lipinski definition) is 3. The van der Waals surface area contributed by atoms with Gasteiger partial charge >= 0.3 is 0 Å². The number of rotatable bonds is 7. The summed E-state index contributed by atoms with van der Waals surface area (Å²) >= 11 is 0. The minimum Gasteiger partial charge on any atom is -0.380 e. The Morgan fingerprint density at radius 2 is 2.59 bits per heavy atom. The smallest absolute Gasteiger partial charge is 0.238 e. The van der Waals surface area contributed by atoms with Gasteiger partial charge in [0.25, 0.3) is 0 Å². The highest BCUT2D eigenvalue weighted by molar-refractivity contribution is 5.82. The molecule has 6 heteroatoms. The van der Waals surface area contributed by atoms with Crippen molar-refractivity contribution in [3.63, 3.8) is 0 Å². The summed E-state index contributed by atoms with van der Waals surface area (Å²) in [6.45, 7) is 4.95. The van der Waals surface area contributed by atoms with E-state index in [1.165, 1.54) is 0 Å². The van der Waals surface area contributed by atoms with E-state index in [2.05, 4.69) is 17.4 Å². The number of methoxy groups -OCH3 is 1. The molecule has 0 bridgehead atoms. The molecule has 1 unspecified atom stereocenters. The Morgan fingerprint density at radius 1 is 1.82 bits per heavy atom. The van der Waals surface area contributed by atoms with Crippen LogP contribution in [0.1, 0.15) is 0 Å². The lowest BCUT2D eigenvalue weighted by atomic mass is 10.0. The van der Waals surface area contributed by atoms with Gasteiger partial charge in [0.1, 0.15) is 6.04 Å². The Hall–Kier alpha value is -1.21. The van der Waals surface area contributed by atoms with Crippen molar-refractivity contribution in [2.45, 2.75) is 12.1 Å². The zero-order valence-electron chi connectivity index (χ0n) is 9.94. The number of amides is 1. The number of ether oxygens (including phenoxy) is 1. The third kappa shape index (κ3) is 4.27. The van der Waals surface area contributed by atoms with Gasteiger partial charge in [-0.25, -0.2) is 0 Å². The lowest BCUT2D eigenvalue weighted by Crippen LogP contribution is -2.52. The van der Waals surface area contributed by atoms with Gasteiger partial charge in [0.2, 0.25) is 5.91 Å². The average Bonchev–Trinajstić information content (AvgIpc) is 2.31. The topological polar surface area (TPSA) is 85.6 Å². The monoisotopic (exact) mass is 241 g/mol. The van der Waals surface area contributed by atoms with E-state index in [-0.39, 0.29) is 6.04 Å². The van der Waals surface area contributed by atoms with Crippen LogP contribution < -0.4 is 16.5 Å². The summed E-state index contributed by atoms with van der Waals surface area (Å²) in [5.41, 5.74) is 9.07. The van der Waals surface area contributed by atoms with Gasteiger partial charge in [-0.1, -0.05) is 12.2 Å². The maximum atomic E-state index is 11.1. The highest BCUT2D eigenvalue weighted by atomic mass is 16.6. The van der Waals surface area contributed by atoms with E-state index >= 15 is 0 Å². The van der Waals surface area contributed by atoms with Crippen molar-refractivity contribution in [2.24, 2.45) is 5.73 Å². The molecule has 0 radical (unpaired) electrons. The molecule has 1 aliphatic heterocycles. The quantitative estimate of drug-likeness (QED) is 0.305. The van der Waals surface area contributed by atoms with E-state index < -0.39 is 11.9 Å². The van der Waals surface area contributed by atoms with Gasteiger partial charge in [-0.05, 0) is 5.57 Å². The molecule has 0 saturated carbocycles. The van der Waals surface area contributed by atoms with Gasteiger partial charge < -0.3 is 15.8 Å². The van der Waals surface area contributed by atoms with E-state index in [9.17, 15) is 4.79 Å². The minimum absolute atomic E-state index is 0.0366. The largest absolute Gasteiger partial charge is 0.380 e. The maximum Gasteiger partial charge on any atom is 0.238 e. The van der Waals surface area contributed by atoms with Crippen molar-refractivity contribution in [1.29, 1.82) is 0 Å². The second-order valence-electron chi connectivity index (χ2n) is 3.73. The zero-order valence-corrected chi connectivity index (χ0v) is 9.94. The number of primary amides is 1. The van der Waals surface area contributed by atoms with E-state index in [1.54, 1.807) is 19.3 Å². The van der Waals surface area contributed by atoms with Crippen LogP contribution in [0.5, 0.6) is 0 Å². The summed E-state index contributed by atoms with van der Waals surface area (Å²) in [6, 6.07) is -0.483. The number of carbonyl (C=O) groups is 1. The Morgan fingerprint density at radius 3 is 3.18 bits per heavy atom. The molecule has 0 fully saturated rings. The summed E-state index contributed by atoms with van der Waals surface area (Å²) < 4.78 is 5.08. The molecule has 0 aliphatic carbocycles. The molecule has 96 valence electrons. The Labute approximate surface area is 101 Å². The van der Waals surface area contributed by atoms with E-state index in [0.29, 0.717) is 19.8 Å². The third-order valence-electron chi connectivity index (χ3n) is 2.41. The van der Waals surface area contributed by atoms with Crippen LogP contribution in [0.25, 0.3) is 0 Å². The molecule has 0 saturated heterocycles. The van der Waals surface area contributed by atoms with Gasteiger partial charge in [-0.15, -0.1) is 6.58 Å². The van der Waals surface area contributed by atoms with Crippen molar-refractivity contribution in [3.05, 3.63) is 24.3 Å². The highest BCUT2D eigenvalue weighted by Crippen LogP contribution is 2.10. The average molecular weight is 241 g/mol. The predicted octanol–water partition coefficient (Wildman–Crippen LogP) is -0.908. The molecule has 1 rings (SSSR count). The second-order valence-corrected chi connectivity index (χ2v) is 3.73. The molecule has 1 amide bonds. The summed E-state index contributed by atoms with van der Waals surface area (Å²) in [7, 11) is 1.60. The summed E-state index contributed by atoms with van der Waals surface area (Å²) in [5, 5.41) is 3.01. The van der Waals surface area contributed by atoms with Crippen LogP contribution in [-0.4, -0.2) is 44.9 Å². The molecule has 6 nitrogen and oxygen atoms in total. The number of nitrogens with two attached hydrogens (primary N) is 1. The van der Waals surface area contributed by atoms with Crippen LogP contribution in [0.2, 0.25) is 0 Å². The van der Waals surface area contributed by atoms with Gasteiger partial charge in [0.15, 0.2) is 0 Å². The van der Waals surface area contributed by atoms with Crippen LogP contribution >= 0.6 is 0 Å². The minimum atomic E-state index is -0.447.